The third-order valence-electron chi connectivity index (χ3n) is 4.88. The molecule has 0 spiro atoms. The molecule has 0 unspecified atom stereocenters. The average molecular weight is 491 g/mol. The summed E-state index contributed by atoms with van der Waals surface area (Å²) in [6.07, 6.45) is -2.08. The second kappa shape index (κ2) is 8.24. The van der Waals surface area contributed by atoms with Crippen LogP contribution >= 0.6 is 34.3 Å². The fourth-order valence-electron chi connectivity index (χ4n) is 3.59. The van der Waals surface area contributed by atoms with Crippen molar-refractivity contribution in [2.45, 2.75) is 37.6 Å². The van der Waals surface area contributed by atoms with Gasteiger partial charge in [0.2, 0.25) is 0 Å². The summed E-state index contributed by atoms with van der Waals surface area (Å²) in [7, 11) is 0. The number of likely N-dealkylation sites (tertiary alicyclic amines) is 1. The summed E-state index contributed by atoms with van der Waals surface area (Å²) in [6, 6.07) is 0.297. The van der Waals surface area contributed by atoms with Gasteiger partial charge in [0, 0.05) is 37.6 Å². The fraction of sp³-hybridized carbons (Fsp3) is 0.800. The summed E-state index contributed by atoms with van der Waals surface area (Å²) in [5.74, 6) is 0.361. The van der Waals surface area contributed by atoms with Gasteiger partial charge < -0.3 is 13.1 Å². The molecule has 0 aromatic carbocycles. The number of aromatic nitrogens is 1. The van der Waals surface area contributed by atoms with E-state index in [1.165, 1.54) is 0 Å². The first-order valence-corrected chi connectivity index (χ1v) is 10.1. The number of aliphatic hydroxyl groups excluding tert-OH is 1. The molecule has 2 fully saturated rings. The van der Waals surface area contributed by atoms with E-state index in [4.69, 9.17) is 3.07 Å². The molecule has 3 rings (SSSR count). The molecule has 0 radical (unpaired) electrons. The maximum absolute atomic E-state index is 12.7. The summed E-state index contributed by atoms with van der Waals surface area (Å²) >= 11 is 2.94. The van der Waals surface area contributed by atoms with Crippen molar-refractivity contribution < 1.29 is 21.3 Å². The third kappa shape index (κ3) is 4.96. The SMILES string of the molecule is O[C@@H]1CC[C@H](COI)N(C[C@H]2CCN(c3nc(C(F)(F)F)cs3)C2)C1. The molecule has 2 saturated heterocycles. The van der Waals surface area contributed by atoms with E-state index >= 15 is 0 Å². The zero-order valence-electron chi connectivity index (χ0n) is 13.6. The van der Waals surface area contributed by atoms with Gasteiger partial charge in [0.25, 0.3) is 0 Å². The van der Waals surface area contributed by atoms with Gasteiger partial charge in [-0.25, -0.2) is 4.98 Å². The molecule has 0 bridgehead atoms. The van der Waals surface area contributed by atoms with Gasteiger partial charge in [0.05, 0.1) is 12.7 Å². The van der Waals surface area contributed by atoms with Crippen LogP contribution in [0.4, 0.5) is 18.3 Å². The van der Waals surface area contributed by atoms with Crippen molar-refractivity contribution >= 4 is 39.5 Å². The molecule has 0 saturated carbocycles. The number of piperidine rings is 1. The molecule has 10 heteroatoms. The number of anilines is 1. The summed E-state index contributed by atoms with van der Waals surface area (Å²) in [6.45, 7) is 3.52. The number of thiazole rings is 1. The van der Waals surface area contributed by atoms with Crippen molar-refractivity contribution in [3.63, 3.8) is 0 Å². The highest BCUT2D eigenvalue weighted by molar-refractivity contribution is 14.1. The van der Waals surface area contributed by atoms with Crippen LogP contribution in [0.1, 0.15) is 25.0 Å². The van der Waals surface area contributed by atoms with E-state index in [1.54, 1.807) is 0 Å². The quantitative estimate of drug-likeness (QED) is 0.642. The second-order valence-corrected chi connectivity index (χ2v) is 8.19. The molecule has 2 aliphatic rings. The van der Waals surface area contributed by atoms with Crippen molar-refractivity contribution in [1.29, 1.82) is 0 Å². The van der Waals surface area contributed by atoms with Gasteiger partial charge in [-0.3, -0.25) is 4.90 Å². The van der Waals surface area contributed by atoms with Gasteiger partial charge in [0.1, 0.15) is 23.0 Å². The van der Waals surface area contributed by atoms with E-state index in [2.05, 4.69) is 9.88 Å². The molecular formula is C15H21F3IN3O2S. The Morgan fingerprint density at radius 1 is 1.32 bits per heavy atom. The zero-order chi connectivity index (χ0) is 18.0. The normalized spacial score (nSPS) is 28.7. The highest BCUT2D eigenvalue weighted by Gasteiger charge is 2.36. The van der Waals surface area contributed by atoms with Crippen molar-refractivity contribution in [3.05, 3.63) is 11.1 Å². The molecule has 1 aromatic rings. The Labute approximate surface area is 162 Å². The number of nitrogens with zero attached hydrogens (tertiary/aromatic N) is 3. The van der Waals surface area contributed by atoms with Gasteiger partial charge in [-0.1, -0.05) is 0 Å². The van der Waals surface area contributed by atoms with Crippen molar-refractivity contribution in [1.82, 2.24) is 9.88 Å². The highest BCUT2D eigenvalue weighted by Crippen LogP contribution is 2.35. The number of rotatable bonds is 5. The minimum Gasteiger partial charge on any atom is -0.392 e. The van der Waals surface area contributed by atoms with Crippen LogP contribution in [0.3, 0.4) is 0 Å². The van der Waals surface area contributed by atoms with Gasteiger partial charge in [-0.05, 0) is 25.2 Å². The summed E-state index contributed by atoms with van der Waals surface area (Å²) in [5.41, 5.74) is -0.811. The number of hydrogen-bond acceptors (Lipinski definition) is 6. The molecule has 1 N–H and O–H groups in total. The van der Waals surface area contributed by atoms with Gasteiger partial charge in [-0.2, -0.15) is 13.2 Å². The van der Waals surface area contributed by atoms with Crippen molar-refractivity contribution in [2.24, 2.45) is 5.92 Å². The first kappa shape index (κ1) is 19.6. The first-order chi connectivity index (χ1) is 11.9. The molecule has 2 aliphatic heterocycles. The van der Waals surface area contributed by atoms with Crippen LogP contribution in [0.25, 0.3) is 0 Å². The minimum atomic E-state index is -4.38. The van der Waals surface area contributed by atoms with Gasteiger partial charge in [-0.15, -0.1) is 11.3 Å². The molecule has 1 aromatic heterocycles. The van der Waals surface area contributed by atoms with Crippen LogP contribution in [0.2, 0.25) is 0 Å². The maximum Gasteiger partial charge on any atom is 0.434 e. The van der Waals surface area contributed by atoms with Crippen molar-refractivity contribution in [3.8, 4) is 0 Å². The first-order valence-electron chi connectivity index (χ1n) is 8.30. The summed E-state index contributed by atoms with van der Waals surface area (Å²) < 4.78 is 43.4. The predicted molar refractivity (Wildman–Crippen MR) is 98.0 cm³/mol. The lowest BCUT2D eigenvalue weighted by Gasteiger charge is -2.38. The maximum atomic E-state index is 12.7. The lowest BCUT2D eigenvalue weighted by atomic mass is 9.98. The molecule has 25 heavy (non-hydrogen) atoms. The topological polar surface area (TPSA) is 48.8 Å². The standard InChI is InChI=1S/C15H21F3IN3O2S/c16-15(17,18)13-9-25-14(20-13)21-4-3-10(5-21)6-22-7-12(23)2-1-11(22)8-24-19/h9-12,23H,1-8H2/t10-,11+,12+/m0/s1. The zero-order valence-corrected chi connectivity index (χ0v) is 16.6. The van der Waals surface area contributed by atoms with Crippen molar-refractivity contribution in [2.75, 3.05) is 37.7 Å². The fourth-order valence-corrected chi connectivity index (χ4v) is 4.87. The van der Waals surface area contributed by atoms with Crippen LogP contribution in [0.15, 0.2) is 5.38 Å². The molecule has 5 nitrogen and oxygen atoms in total. The Kier molecular flexibility index (Phi) is 6.45. The van der Waals surface area contributed by atoms with E-state index in [1.807, 2.05) is 27.9 Å². The Morgan fingerprint density at radius 3 is 2.80 bits per heavy atom. The Balaban J connectivity index is 1.58. The Bertz CT molecular complexity index is 574. The van der Waals surface area contributed by atoms with Gasteiger partial charge >= 0.3 is 6.18 Å². The molecule has 142 valence electrons. The van der Waals surface area contributed by atoms with Crippen LogP contribution in [-0.2, 0) is 9.24 Å². The predicted octanol–water partition coefficient (Wildman–Crippen LogP) is 3.18. The van der Waals surface area contributed by atoms with Crippen LogP contribution in [0.5, 0.6) is 0 Å². The lowest BCUT2D eigenvalue weighted by Crippen LogP contribution is -2.49. The Morgan fingerprint density at radius 2 is 2.12 bits per heavy atom. The second-order valence-electron chi connectivity index (χ2n) is 6.73. The Hall–Kier alpha value is -0.170. The molecular weight excluding hydrogens is 470 g/mol. The van der Waals surface area contributed by atoms with E-state index in [9.17, 15) is 18.3 Å². The molecule has 3 atom stereocenters. The number of hydrogen-bond donors (Lipinski definition) is 1. The minimum absolute atomic E-state index is 0.297. The third-order valence-corrected chi connectivity index (χ3v) is 6.14. The largest absolute Gasteiger partial charge is 0.434 e. The molecule has 3 heterocycles. The smallest absolute Gasteiger partial charge is 0.392 e. The molecule has 0 aliphatic carbocycles. The number of alkyl halides is 3. The van der Waals surface area contributed by atoms with Crippen LogP contribution < -0.4 is 4.90 Å². The number of halogens is 4. The summed E-state index contributed by atoms with van der Waals surface area (Å²) in [4.78, 5) is 7.95. The van der Waals surface area contributed by atoms with Crippen LogP contribution in [0, 0.1) is 5.92 Å². The van der Waals surface area contributed by atoms with E-state index < -0.39 is 11.9 Å². The van der Waals surface area contributed by atoms with Gasteiger partial charge in [0.15, 0.2) is 10.8 Å². The number of aliphatic hydroxyl groups is 1. The molecule has 0 amide bonds. The van der Waals surface area contributed by atoms with E-state index in [0.29, 0.717) is 36.8 Å². The van der Waals surface area contributed by atoms with E-state index in [-0.39, 0.29) is 6.10 Å². The summed E-state index contributed by atoms with van der Waals surface area (Å²) in [5, 5.41) is 11.5. The highest BCUT2D eigenvalue weighted by atomic mass is 127. The van der Waals surface area contributed by atoms with Crippen LogP contribution in [-0.4, -0.2) is 59.9 Å². The monoisotopic (exact) mass is 491 g/mol. The number of β-amino-alcohol motifs (C(OH)–C–C–N with tert-alkyl or cyclic N) is 1. The average Bonchev–Trinajstić information content (AvgIpc) is 3.18. The van der Waals surface area contributed by atoms with E-state index in [0.717, 1.165) is 49.1 Å². The lowest BCUT2D eigenvalue weighted by molar-refractivity contribution is -0.140.